The fraction of sp³-hybridized carbons (Fsp3) is 0.130. The molecule has 1 aliphatic rings. The van der Waals surface area contributed by atoms with Crippen LogP contribution >= 0.6 is 0 Å². The zero-order valence-electron chi connectivity index (χ0n) is 15.4. The molecule has 0 aliphatic heterocycles. The number of aliphatic hydroxyl groups excluding tert-OH is 1. The lowest BCUT2D eigenvalue weighted by Gasteiger charge is -2.14. The first kappa shape index (κ1) is 17.6. The van der Waals surface area contributed by atoms with Gasteiger partial charge in [0.05, 0.1) is 12.1 Å². The number of ether oxygens (including phenoxy) is 1. The first-order chi connectivity index (χ1) is 14.1. The lowest BCUT2D eigenvalue weighted by molar-refractivity contribution is 0.0905. The average Bonchev–Trinajstić information content (AvgIpc) is 3.11. The maximum Gasteiger partial charge on any atom is 0.194 e. The number of carbonyl (C=O) groups is 1. The predicted molar refractivity (Wildman–Crippen MR) is 107 cm³/mol. The summed E-state index contributed by atoms with van der Waals surface area (Å²) < 4.78 is 20.2. The number of hydrogen-bond donors (Lipinski definition) is 1. The minimum atomic E-state index is -0.827. The number of fused-ring (bicyclic) bond motifs is 2. The maximum atomic E-state index is 13.0. The van der Waals surface area contributed by atoms with Crippen LogP contribution in [0, 0.1) is 5.82 Å². The molecule has 1 heterocycles. The molecule has 0 spiro atoms. The SMILES string of the molecule is O=C1c2ccccc2-c2nn(C[C@@H](O)COc3ccc(F)cc3)c3cccc1c23. The number of ketones is 1. The summed E-state index contributed by atoms with van der Waals surface area (Å²) in [5, 5.41) is 16.0. The number of benzene rings is 3. The van der Waals surface area contributed by atoms with Gasteiger partial charge in [0.2, 0.25) is 0 Å². The zero-order chi connectivity index (χ0) is 20.0. The van der Waals surface area contributed by atoms with Crippen LogP contribution < -0.4 is 4.74 Å². The summed E-state index contributed by atoms with van der Waals surface area (Å²) in [7, 11) is 0. The third-order valence-corrected chi connectivity index (χ3v) is 5.09. The van der Waals surface area contributed by atoms with Crippen molar-refractivity contribution in [2.24, 2.45) is 0 Å². The van der Waals surface area contributed by atoms with Gasteiger partial charge in [0.15, 0.2) is 5.78 Å². The predicted octanol–water partition coefficient (Wildman–Crippen LogP) is 3.83. The minimum Gasteiger partial charge on any atom is -0.491 e. The summed E-state index contributed by atoms with van der Waals surface area (Å²) in [4.78, 5) is 12.9. The largest absolute Gasteiger partial charge is 0.491 e. The molecule has 5 nitrogen and oxygen atoms in total. The molecule has 0 amide bonds. The summed E-state index contributed by atoms with van der Waals surface area (Å²) in [5.74, 6) is 0.124. The van der Waals surface area contributed by atoms with Gasteiger partial charge in [-0.2, -0.15) is 5.10 Å². The van der Waals surface area contributed by atoms with Gasteiger partial charge in [-0.15, -0.1) is 0 Å². The van der Waals surface area contributed by atoms with Crippen LogP contribution in [0.2, 0.25) is 0 Å². The van der Waals surface area contributed by atoms with Crippen molar-refractivity contribution in [2.45, 2.75) is 12.6 Å². The Bertz CT molecular complexity index is 1230. The highest BCUT2D eigenvalue weighted by molar-refractivity contribution is 6.25. The van der Waals surface area contributed by atoms with E-state index in [1.165, 1.54) is 24.3 Å². The first-order valence-corrected chi connectivity index (χ1v) is 9.32. The molecule has 0 unspecified atom stereocenters. The summed E-state index contributed by atoms with van der Waals surface area (Å²) in [6, 6.07) is 18.6. The number of carbonyl (C=O) groups excluding carboxylic acids is 1. The van der Waals surface area contributed by atoms with Crippen LogP contribution in [-0.4, -0.2) is 33.4 Å². The van der Waals surface area contributed by atoms with Crippen LogP contribution in [0.15, 0.2) is 66.7 Å². The van der Waals surface area contributed by atoms with Crippen molar-refractivity contribution in [1.29, 1.82) is 0 Å². The van der Waals surface area contributed by atoms with E-state index in [0.29, 0.717) is 16.9 Å². The average molecular weight is 388 g/mol. The highest BCUT2D eigenvalue weighted by Gasteiger charge is 2.28. The molecule has 6 heteroatoms. The number of aromatic nitrogens is 2. The Balaban J connectivity index is 1.45. The first-order valence-electron chi connectivity index (χ1n) is 9.32. The monoisotopic (exact) mass is 388 g/mol. The van der Waals surface area contributed by atoms with Gasteiger partial charge in [-0.3, -0.25) is 9.48 Å². The van der Waals surface area contributed by atoms with E-state index in [0.717, 1.165) is 22.2 Å². The molecule has 0 saturated heterocycles. The third-order valence-electron chi connectivity index (χ3n) is 5.09. The topological polar surface area (TPSA) is 64.4 Å². The van der Waals surface area contributed by atoms with Crippen molar-refractivity contribution in [1.82, 2.24) is 9.78 Å². The molecule has 1 aliphatic carbocycles. The molecular weight excluding hydrogens is 371 g/mol. The van der Waals surface area contributed by atoms with Crippen molar-refractivity contribution in [3.8, 4) is 17.0 Å². The van der Waals surface area contributed by atoms with Crippen LogP contribution in [0.1, 0.15) is 15.9 Å². The van der Waals surface area contributed by atoms with E-state index < -0.39 is 6.10 Å². The smallest absolute Gasteiger partial charge is 0.194 e. The van der Waals surface area contributed by atoms with Gasteiger partial charge in [-0.25, -0.2) is 4.39 Å². The fourth-order valence-electron chi connectivity index (χ4n) is 3.75. The van der Waals surface area contributed by atoms with Crippen molar-refractivity contribution < 1.29 is 19.0 Å². The second kappa shape index (κ2) is 6.83. The van der Waals surface area contributed by atoms with Crippen LogP contribution in [-0.2, 0) is 6.54 Å². The molecule has 1 N–H and O–H groups in total. The minimum absolute atomic E-state index is 0.0153. The highest BCUT2D eigenvalue weighted by atomic mass is 19.1. The normalized spacial score (nSPS) is 13.4. The Morgan fingerprint density at radius 3 is 2.48 bits per heavy atom. The van der Waals surface area contributed by atoms with E-state index in [1.807, 2.05) is 42.5 Å². The molecule has 0 bridgehead atoms. The standard InChI is InChI=1S/C23H17FN2O3/c24-14-8-10-16(11-9-14)29-13-15(27)12-26-20-7-3-6-19-21(20)22(25-26)17-4-1-2-5-18(17)23(19)28/h1-11,15,27H,12-13H2/t15-/m1/s1. The molecule has 29 heavy (non-hydrogen) atoms. The molecule has 0 saturated carbocycles. The molecule has 1 aromatic heterocycles. The molecule has 5 rings (SSSR count). The summed E-state index contributed by atoms with van der Waals surface area (Å²) in [6.45, 7) is 0.245. The summed E-state index contributed by atoms with van der Waals surface area (Å²) in [5.41, 5.74) is 3.60. The fourth-order valence-corrected chi connectivity index (χ4v) is 3.75. The van der Waals surface area contributed by atoms with Gasteiger partial charge in [-0.1, -0.05) is 36.4 Å². The van der Waals surface area contributed by atoms with Gasteiger partial charge < -0.3 is 9.84 Å². The summed E-state index contributed by atoms with van der Waals surface area (Å²) in [6.07, 6.45) is -0.827. The summed E-state index contributed by atoms with van der Waals surface area (Å²) >= 11 is 0. The number of halogens is 1. The van der Waals surface area contributed by atoms with Gasteiger partial charge in [0.25, 0.3) is 0 Å². The molecule has 1 atom stereocenters. The Morgan fingerprint density at radius 2 is 1.69 bits per heavy atom. The van der Waals surface area contributed by atoms with E-state index >= 15 is 0 Å². The highest BCUT2D eigenvalue weighted by Crippen LogP contribution is 2.38. The Labute approximate surface area is 166 Å². The second-order valence-electron chi connectivity index (χ2n) is 7.02. The maximum absolute atomic E-state index is 13.0. The number of aliphatic hydroxyl groups is 1. The number of nitrogens with zero attached hydrogens (tertiary/aromatic N) is 2. The van der Waals surface area contributed by atoms with Crippen molar-refractivity contribution in [3.63, 3.8) is 0 Å². The van der Waals surface area contributed by atoms with Crippen molar-refractivity contribution in [2.75, 3.05) is 6.61 Å². The van der Waals surface area contributed by atoms with E-state index in [1.54, 1.807) is 4.68 Å². The molecule has 0 fully saturated rings. The zero-order valence-corrected chi connectivity index (χ0v) is 15.4. The second-order valence-corrected chi connectivity index (χ2v) is 7.02. The van der Waals surface area contributed by atoms with Gasteiger partial charge in [-0.05, 0) is 30.3 Å². The van der Waals surface area contributed by atoms with E-state index in [-0.39, 0.29) is 24.8 Å². The van der Waals surface area contributed by atoms with Gasteiger partial charge >= 0.3 is 0 Å². The van der Waals surface area contributed by atoms with Gasteiger partial charge in [0.1, 0.15) is 30.0 Å². The van der Waals surface area contributed by atoms with Crippen LogP contribution in [0.3, 0.4) is 0 Å². The number of hydrogen-bond acceptors (Lipinski definition) is 4. The lowest BCUT2D eigenvalue weighted by Crippen LogP contribution is -2.24. The lowest BCUT2D eigenvalue weighted by atomic mass is 9.87. The molecular formula is C23H17FN2O3. The number of rotatable bonds is 5. The van der Waals surface area contributed by atoms with Crippen LogP contribution in [0.4, 0.5) is 4.39 Å². The van der Waals surface area contributed by atoms with E-state index in [9.17, 15) is 14.3 Å². The van der Waals surface area contributed by atoms with E-state index in [2.05, 4.69) is 0 Å². The van der Waals surface area contributed by atoms with Crippen molar-refractivity contribution >= 4 is 16.7 Å². The quantitative estimate of drug-likeness (QED) is 0.497. The van der Waals surface area contributed by atoms with E-state index in [4.69, 9.17) is 9.84 Å². The van der Waals surface area contributed by atoms with Crippen LogP contribution in [0.5, 0.6) is 5.75 Å². The van der Waals surface area contributed by atoms with Crippen molar-refractivity contribution in [3.05, 3.63) is 83.7 Å². The Hall–Kier alpha value is -3.51. The Morgan fingerprint density at radius 1 is 0.966 bits per heavy atom. The molecule has 144 valence electrons. The van der Waals surface area contributed by atoms with Crippen LogP contribution in [0.25, 0.3) is 22.2 Å². The molecule has 4 aromatic rings. The van der Waals surface area contributed by atoms with Gasteiger partial charge in [0, 0.05) is 22.1 Å². The molecule has 0 radical (unpaired) electrons. The third kappa shape index (κ3) is 2.98. The molecule has 3 aromatic carbocycles. The Kier molecular flexibility index (Phi) is 4.14.